The monoisotopic (exact) mass is 311 g/mol. The summed E-state index contributed by atoms with van der Waals surface area (Å²) in [5.41, 5.74) is 1.84. The van der Waals surface area contributed by atoms with E-state index in [2.05, 4.69) is 23.6 Å². The van der Waals surface area contributed by atoms with E-state index in [9.17, 15) is 10.2 Å². The molecule has 23 heavy (non-hydrogen) atoms. The smallest absolute Gasteiger partial charge is 0.248 e. The van der Waals surface area contributed by atoms with Crippen molar-refractivity contribution in [3.8, 4) is 5.75 Å². The van der Waals surface area contributed by atoms with Gasteiger partial charge in [-0.3, -0.25) is 4.90 Å². The molecule has 0 radical (unpaired) electrons. The highest BCUT2D eigenvalue weighted by molar-refractivity contribution is 5.57. The number of aliphatic hydroxyl groups excluding tert-OH is 1. The quantitative estimate of drug-likeness (QED) is 0.810. The molecule has 2 aliphatic heterocycles. The lowest BCUT2D eigenvalue weighted by Gasteiger charge is -2.59. The highest BCUT2D eigenvalue weighted by atomic mass is 16.6. The third-order valence-electron chi connectivity index (χ3n) is 6.40. The zero-order valence-electron chi connectivity index (χ0n) is 13.0. The number of hydrogen-bond acceptors (Lipinski definition) is 4. The first-order chi connectivity index (χ1) is 11.1. The first-order valence-electron chi connectivity index (χ1n) is 8.37. The van der Waals surface area contributed by atoms with E-state index >= 15 is 0 Å². The van der Waals surface area contributed by atoms with Crippen LogP contribution in [0.15, 0.2) is 43.0 Å². The Bertz CT molecular complexity index is 729. The number of likely N-dealkylation sites (tertiary alicyclic amines) is 1. The van der Waals surface area contributed by atoms with Crippen LogP contribution in [-0.2, 0) is 11.8 Å². The maximum atomic E-state index is 11.4. The van der Waals surface area contributed by atoms with Crippen molar-refractivity contribution in [1.82, 2.24) is 4.90 Å². The van der Waals surface area contributed by atoms with E-state index in [-0.39, 0.29) is 5.92 Å². The van der Waals surface area contributed by atoms with Gasteiger partial charge in [-0.15, -0.1) is 6.58 Å². The second-order valence-electron chi connectivity index (χ2n) is 7.22. The number of benzene rings is 1. The molecule has 1 aromatic carbocycles. The molecular formula is C19H21NO3. The number of rotatable bonds is 2. The van der Waals surface area contributed by atoms with Crippen LogP contribution in [0.2, 0.25) is 0 Å². The molecule has 0 aromatic heterocycles. The van der Waals surface area contributed by atoms with Gasteiger partial charge in [0, 0.05) is 24.1 Å². The molecular weight excluding hydrogens is 290 g/mol. The van der Waals surface area contributed by atoms with Gasteiger partial charge >= 0.3 is 0 Å². The average Bonchev–Trinajstić information content (AvgIpc) is 2.81. The molecule has 4 nitrogen and oxygen atoms in total. The van der Waals surface area contributed by atoms with E-state index in [0.717, 1.165) is 37.2 Å². The first kappa shape index (κ1) is 13.8. The van der Waals surface area contributed by atoms with Crippen LogP contribution in [0.25, 0.3) is 0 Å². The third-order valence-corrected chi connectivity index (χ3v) is 6.40. The number of piperidine rings is 1. The molecule has 1 saturated heterocycles. The fraction of sp³-hybridized carbons (Fsp3) is 0.474. The van der Waals surface area contributed by atoms with Crippen molar-refractivity contribution in [2.45, 2.75) is 36.2 Å². The largest absolute Gasteiger partial charge is 0.458 e. The van der Waals surface area contributed by atoms with Crippen molar-refractivity contribution in [3.63, 3.8) is 0 Å². The van der Waals surface area contributed by atoms with Crippen molar-refractivity contribution in [2.75, 3.05) is 13.1 Å². The van der Waals surface area contributed by atoms with Crippen LogP contribution in [0.5, 0.6) is 5.75 Å². The number of aliphatic hydroxyl groups is 2. The molecule has 120 valence electrons. The van der Waals surface area contributed by atoms with Crippen molar-refractivity contribution >= 4 is 0 Å². The van der Waals surface area contributed by atoms with Crippen LogP contribution >= 0.6 is 0 Å². The van der Waals surface area contributed by atoms with E-state index in [4.69, 9.17) is 4.74 Å². The molecule has 0 saturated carbocycles. The van der Waals surface area contributed by atoms with Crippen LogP contribution in [-0.4, -0.2) is 46.1 Å². The maximum absolute atomic E-state index is 11.4. The predicted octanol–water partition coefficient (Wildman–Crippen LogP) is 1.37. The summed E-state index contributed by atoms with van der Waals surface area (Å²) in [6, 6.07) is 6.35. The summed E-state index contributed by atoms with van der Waals surface area (Å²) in [4.78, 5) is 2.44. The maximum Gasteiger partial charge on any atom is 0.248 e. The summed E-state index contributed by atoms with van der Waals surface area (Å²) in [5.74, 6) is -0.654. The van der Waals surface area contributed by atoms with Crippen LogP contribution in [0, 0.1) is 5.92 Å². The molecule has 1 aromatic rings. The van der Waals surface area contributed by atoms with E-state index in [0.29, 0.717) is 6.04 Å². The van der Waals surface area contributed by atoms with Crippen LogP contribution in [0.3, 0.4) is 0 Å². The minimum Gasteiger partial charge on any atom is -0.458 e. The topological polar surface area (TPSA) is 52.9 Å². The highest BCUT2D eigenvalue weighted by Crippen LogP contribution is 2.64. The lowest BCUT2D eigenvalue weighted by molar-refractivity contribution is -0.249. The first-order valence-corrected chi connectivity index (χ1v) is 8.37. The summed E-state index contributed by atoms with van der Waals surface area (Å²) in [6.45, 7) is 5.62. The van der Waals surface area contributed by atoms with Crippen molar-refractivity contribution in [3.05, 3.63) is 54.1 Å². The molecule has 5 atom stereocenters. The van der Waals surface area contributed by atoms with Gasteiger partial charge in [-0.2, -0.15) is 0 Å². The minimum atomic E-state index is -1.55. The third kappa shape index (κ3) is 1.39. The number of ether oxygens (including phenoxy) is 1. The van der Waals surface area contributed by atoms with E-state index < -0.39 is 17.3 Å². The van der Waals surface area contributed by atoms with E-state index in [1.165, 1.54) is 5.56 Å². The fourth-order valence-corrected chi connectivity index (χ4v) is 5.54. The molecule has 2 N–H and O–H groups in total. The van der Waals surface area contributed by atoms with Gasteiger partial charge in [-0.25, -0.2) is 0 Å². The molecule has 2 aliphatic carbocycles. The zero-order valence-corrected chi connectivity index (χ0v) is 13.0. The van der Waals surface area contributed by atoms with Gasteiger partial charge in [-0.05, 0) is 31.0 Å². The van der Waals surface area contributed by atoms with Gasteiger partial charge in [0.1, 0.15) is 11.9 Å². The summed E-state index contributed by atoms with van der Waals surface area (Å²) < 4.78 is 5.99. The Hall–Kier alpha value is -1.62. The van der Waals surface area contributed by atoms with Crippen LogP contribution < -0.4 is 4.74 Å². The lowest BCUT2D eigenvalue weighted by Crippen LogP contribution is -2.71. The van der Waals surface area contributed by atoms with Gasteiger partial charge in [0.2, 0.25) is 5.79 Å². The Morgan fingerprint density at radius 1 is 1.39 bits per heavy atom. The molecule has 0 amide bonds. The zero-order chi connectivity index (χ0) is 15.8. The Morgan fingerprint density at radius 3 is 3.09 bits per heavy atom. The van der Waals surface area contributed by atoms with Gasteiger partial charge in [0.25, 0.3) is 0 Å². The average molecular weight is 311 g/mol. The SMILES string of the molecule is C=CCN1CC[C@]23c4c5cccc4OC2(O)[C@@H](O)C=C[C@H]3[C@H]1C5. The van der Waals surface area contributed by atoms with Crippen molar-refractivity contribution in [2.24, 2.45) is 5.92 Å². The highest BCUT2D eigenvalue weighted by Gasteiger charge is 2.71. The lowest BCUT2D eigenvalue weighted by atomic mass is 9.52. The molecule has 4 heteroatoms. The summed E-state index contributed by atoms with van der Waals surface area (Å²) in [6.07, 6.45) is 6.50. The second-order valence-corrected chi connectivity index (χ2v) is 7.22. The van der Waals surface area contributed by atoms with Gasteiger partial charge in [0.15, 0.2) is 0 Å². The van der Waals surface area contributed by atoms with Crippen molar-refractivity contribution in [1.29, 1.82) is 0 Å². The Labute approximate surface area is 135 Å². The summed E-state index contributed by atoms with van der Waals surface area (Å²) in [5, 5.41) is 21.9. The molecule has 2 bridgehead atoms. The normalized spacial score (nSPS) is 43.0. The molecule has 2 heterocycles. The van der Waals surface area contributed by atoms with E-state index in [1.807, 2.05) is 18.2 Å². The van der Waals surface area contributed by atoms with Gasteiger partial charge < -0.3 is 14.9 Å². The molecule has 5 rings (SSSR count). The minimum absolute atomic E-state index is 0.153. The van der Waals surface area contributed by atoms with Gasteiger partial charge in [0.05, 0.1) is 5.41 Å². The van der Waals surface area contributed by atoms with Crippen LogP contribution in [0.1, 0.15) is 17.5 Å². The van der Waals surface area contributed by atoms with E-state index in [1.54, 1.807) is 6.08 Å². The molecule has 1 unspecified atom stereocenters. The Balaban J connectivity index is 1.78. The molecule has 4 aliphatic rings. The van der Waals surface area contributed by atoms with Crippen LogP contribution in [0.4, 0.5) is 0 Å². The standard InChI is InChI=1S/C19H21NO3/c1-2-9-20-10-8-18-13-6-7-16(21)19(18,22)23-15-5-3-4-12(17(15)18)11-14(13)20/h2-7,13-14,16,21-22H,1,8-11H2/t13-,14+,16-,18-,19?/m0/s1. The predicted molar refractivity (Wildman–Crippen MR) is 86.2 cm³/mol. The summed E-state index contributed by atoms with van der Waals surface area (Å²) >= 11 is 0. The summed E-state index contributed by atoms with van der Waals surface area (Å²) in [7, 11) is 0. The molecule has 1 fully saturated rings. The number of nitrogens with zero attached hydrogens (tertiary/aromatic N) is 1. The second kappa shape index (κ2) is 4.26. The number of hydrogen-bond donors (Lipinski definition) is 2. The Kier molecular flexibility index (Phi) is 2.55. The Morgan fingerprint density at radius 2 is 2.26 bits per heavy atom. The fourth-order valence-electron chi connectivity index (χ4n) is 5.54. The van der Waals surface area contributed by atoms with Crippen molar-refractivity contribution < 1.29 is 14.9 Å². The van der Waals surface area contributed by atoms with Gasteiger partial charge in [-0.1, -0.05) is 30.4 Å². The molecule has 1 spiro atoms.